The average molecular weight is 218 g/mol. The topological polar surface area (TPSA) is 62.0 Å². The molecule has 0 aromatic heterocycles. The van der Waals surface area contributed by atoms with Crippen molar-refractivity contribution >= 4 is 12.3 Å². The third-order valence-corrected chi connectivity index (χ3v) is 1.97. The molecule has 1 aromatic carbocycles. The second-order valence-electron chi connectivity index (χ2n) is 3.22. The minimum atomic E-state index is -0.432. The van der Waals surface area contributed by atoms with Crippen LogP contribution in [0, 0.1) is 4.91 Å². The Hall–Kier alpha value is -1.81. The number of aliphatic imine (C=N–C) groups is 1. The Bertz CT molecular complexity index is 361. The maximum absolute atomic E-state index is 9.98. The number of hydrogen-bond acceptors (Lipinski definition) is 4. The normalized spacial score (nSPS) is 13.3. The van der Waals surface area contributed by atoms with Crippen LogP contribution >= 0.6 is 0 Å². The van der Waals surface area contributed by atoms with Crippen molar-refractivity contribution < 1.29 is 5.11 Å². The molecule has 4 nitrogen and oxygen atoms in total. The van der Waals surface area contributed by atoms with Crippen LogP contribution in [0.15, 0.2) is 46.6 Å². The lowest BCUT2D eigenvalue weighted by Crippen LogP contribution is -2.13. The van der Waals surface area contributed by atoms with Crippen LogP contribution in [-0.2, 0) is 0 Å². The maximum atomic E-state index is 9.98. The molecule has 0 spiro atoms. The molecule has 0 aliphatic carbocycles. The molecule has 84 valence electrons. The summed E-state index contributed by atoms with van der Waals surface area (Å²) in [7, 11) is 0. The standard InChI is InChI=1S/C12H14N2O2/c15-10-12(9-14-16)13-8-4-7-11-5-2-1-3-6-11/h1-8,12,15H,9-10H2/b7-4+,13-8+. The minimum Gasteiger partial charge on any atom is -0.394 e. The Balaban J connectivity index is 2.46. The van der Waals surface area contributed by atoms with E-state index in [-0.39, 0.29) is 13.2 Å². The van der Waals surface area contributed by atoms with Crippen molar-refractivity contribution in [2.45, 2.75) is 6.04 Å². The summed E-state index contributed by atoms with van der Waals surface area (Å²) in [5.74, 6) is 0. The maximum Gasteiger partial charge on any atom is 0.106 e. The smallest absolute Gasteiger partial charge is 0.106 e. The van der Waals surface area contributed by atoms with Crippen molar-refractivity contribution in [2.24, 2.45) is 10.2 Å². The molecule has 0 fully saturated rings. The van der Waals surface area contributed by atoms with E-state index in [9.17, 15) is 4.91 Å². The molecule has 4 heteroatoms. The number of hydrogen-bond donors (Lipinski definition) is 1. The Morgan fingerprint density at radius 1 is 1.31 bits per heavy atom. The van der Waals surface area contributed by atoms with Crippen molar-refractivity contribution in [1.82, 2.24) is 0 Å². The molecule has 0 saturated carbocycles. The second kappa shape index (κ2) is 7.48. The lowest BCUT2D eigenvalue weighted by Gasteiger charge is -2.00. The number of allylic oxidation sites excluding steroid dienone is 1. The van der Waals surface area contributed by atoms with Crippen LogP contribution in [0.1, 0.15) is 5.56 Å². The number of nitrogens with zero attached hydrogens (tertiary/aromatic N) is 2. The lowest BCUT2D eigenvalue weighted by molar-refractivity contribution is 0.270. The van der Waals surface area contributed by atoms with E-state index in [4.69, 9.17) is 5.11 Å². The highest BCUT2D eigenvalue weighted by Crippen LogP contribution is 2.00. The third-order valence-electron chi connectivity index (χ3n) is 1.97. The predicted octanol–water partition coefficient (Wildman–Crippen LogP) is 1.90. The summed E-state index contributed by atoms with van der Waals surface area (Å²) in [6.45, 7) is -0.159. The van der Waals surface area contributed by atoms with E-state index in [1.54, 1.807) is 12.3 Å². The van der Waals surface area contributed by atoms with Gasteiger partial charge in [-0.05, 0) is 11.6 Å². The quantitative estimate of drug-likeness (QED) is 0.585. The van der Waals surface area contributed by atoms with Gasteiger partial charge in [0.15, 0.2) is 0 Å². The largest absolute Gasteiger partial charge is 0.394 e. The van der Waals surface area contributed by atoms with Crippen molar-refractivity contribution in [1.29, 1.82) is 0 Å². The van der Waals surface area contributed by atoms with Gasteiger partial charge in [-0.1, -0.05) is 41.6 Å². The number of rotatable bonds is 6. The summed E-state index contributed by atoms with van der Waals surface area (Å²) in [6.07, 6.45) is 5.23. The number of nitroso groups, excluding NO2 is 1. The van der Waals surface area contributed by atoms with Crippen molar-refractivity contribution in [3.8, 4) is 0 Å². The highest BCUT2D eigenvalue weighted by atomic mass is 16.3. The van der Waals surface area contributed by atoms with E-state index in [1.165, 1.54) is 0 Å². The fourth-order valence-corrected chi connectivity index (χ4v) is 1.13. The first-order valence-corrected chi connectivity index (χ1v) is 5.01. The van der Waals surface area contributed by atoms with E-state index < -0.39 is 6.04 Å². The van der Waals surface area contributed by atoms with E-state index in [1.807, 2.05) is 36.4 Å². The van der Waals surface area contributed by atoms with Gasteiger partial charge in [-0.2, -0.15) is 4.91 Å². The number of aliphatic hydroxyl groups is 1. The fourth-order valence-electron chi connectivity index (χ4n) is 1.13. The number of benzene rings is 1. The van der Waals surface area contributed by atoms with Crippen LogP contribution in [0.5, 0.6) is 0 Å². The molecule has 1 N–H and O–H groups in total. The summed E-state index contributed by atoms with van der Waals surface area (Å²) in [6, 6.07) is 9.36. The van der Waals surface area contributed by atoms with Crippen LogP contribution in [0.3, 0.4) is 0 Å². The van der Waals surface area contributed by atoms with Gasteiger partial charge in [-0.15, -0.1) is 0 Å². The molecule has 1 aromatic rings. The van der Waals surface area contributed by atoms with Crippen molar-refractivity contribution in [3.05, 3.63) is 46.9 Å². The third kappa shape index (κ3) is 4.61. The molecule has 16 heavy (non-hydrogen) atoms. The SMILES string of the molecule is O=NCC(CO)/N=C/C=C/c1ccccc1. The monoisotopic (exact) mass is 218 g/mol. The zero-order valence-electron chi connectivity index (χ0n) is 8.86. The summed E-state index contributed by atoms with van der Waals surface area (Å²) >= 11 is 0. The Morgan fingerprint density at radius 3 is 2.69 bits per heavy atom. The molecule has 0 aliphatic heterocycles. The average Bonchev–Trinajstić information content (AvgIpc) is 2.34. The van der Waals surface area contributed by atoms with Crippen molar-refractivity contribution in [3.63, 3.8) is 0 Å². The molecule has 1 rings (SSSR count). The summed E-state index contributed by atoms with van der Waals surface area (Å²) < 4.78 is 0. The van der Waals surface area contributed by atoms with Crippen LogP contribution in [0.2, 0.25) is 0 Å². The zero-order valence-corrected chi connectivity index (χ0v) is 8.86. The van der Waals surface area contributed by atoms with Crippen LogP contribution in [0.4, 0.5) is 0 Å². The van der Waals surface area contributed by atoms with E-state index in [2.05, 4.69) is 10.2 Å². The van der Waals surface area contributed by atoms with E-state index >= 15 is 0 Å². The van der Waals surface area contributed by atoms with Gasteiger partial charge in [0.25, 0.3) is 0 Å². The second-order valence-corrected chi connectivity index (χ2v) is 3.22. The predicted molar refractivity (Wildman–Crippen MR) is 65.5 cm³/mol. The van der Waals surface area contributed by atoms with Crippen LogP contribution in [-0.4, -0.2) is 30.5 Å². The summed E-state index contributed by atoms with van der Waals surface area (Å²) in [5, 5.41) is 11.5. The zero-order chi connectivity index (χ0) is 11.6. The lowest BCUT2D eigenvalue weighted by atomic mass is 10.2. The molecule has 1 atom stereocenters. The number of aliphatic hydroxyl groups excluding tert-OH is 1. The first kappa shape index (κ1) is 12.3. The molecule has 0 saturated heterocycles. The first-order chi connectivity index (χ1) is 7.86. The Labute approximate surface area is 94.3 Å². The van der Waals surface area contributed by atoms with Gasteiger partial charge in [-0.3, -0.25) is 4.99 Å². The van der Waals surface area contributed by atoms with E-state index in [0.717, 1.165) is 5.56 Å². The molecule has 1 unspecified atom stereocenters. The highest BCUT2D eigenvalue weighted by Gasteiger charge is 2.01. The molecular weight excluding hydrogens is 204 g/mol. The molecule has 0 radical (unpaired) electrons. The van der Waals surface area contributed by atoms with Gasteiger partial charge in [0.1, 0.15) is 6.54 Å². The fraction of sp³-hybridized carbons (Fsp3) is 0.250. The van der Waals surface area contributed by atoms with E-state index in [0.29, 0.717) is 0 Å². The van der Waals surface area contributed by atoms with Crippen LogP contribution in [0.25, 0.3) is 6.08 Å². The minimum absolute atomic E-state index is 0.00613. The van der Waals surface area contributed by atoms with Gasteiger partial charge >= 0.3 is 0 Å². The molecule has 0 aliphatic rings. The summed E-state index contributed by atoms with van der Waals surface area (Å²) in [4.78, 5) is 14.0. The van der Waals surface area contributed by atoms with Gasteiger partial charge < -0.3 is 5.11 Å². The van der Waals surface area contributed by atoms with Gasteiger partial charge in [0.05, 0.1) is 12.6 Å². The molecule has 0 heterocycles. The first-order valence-electron chi connectivity index (χ1n) is 5.01. The van der Waals surface area contributed by atoms with Crippen LogP contribution < -0.4 is 0 Å². The molecule has 0 amide bonds. The Morgan fingerprint density at radius 2 is 2.06 bits per heavy atom. The highest BCUT2D eigenvalue weighted by molar-refractivity contribution is 5.78. The summed E-state index contributed by atoms with van der Waals surface area (Å²) in [5.41, 5.74) is 1.07. The van der Waals surface area contributed by atoms with Gasteiger partial charge in [-0.25, -0.2) is 0 Å². The van der Waals surface area contributed by atoms with Gasteiger partial charge in [0, 0.05) is 6.21 Å². The Kier molecular flexibility index (Phi) is 5.73. The molecular formula is C12H14N2O2. The molecule has 0 bridgehead atoms. The van der Waals surface area contributed by atoms with Crippen molar-refractivity contribution in [2.75, 3.05) is 13.2 Å². The van der Waals surface area contributed by atoms with Gasteiger partial charge in [0.2, 0.25) is 0 Å².